The highest BCUT2D eigenvalue weighted by molar-refractivity contribution is 7.20. The lowest BCUT2D eigenvalue weighted by Crippen LogP contribution is -2.13. The average Bonchev–Trinajstić information content (AvgIpc) is 3.19. The fourth-order valence-corrected chi connectivity index (χ4v) is 3.83. The number of thiophene rings is 1. The van der Waals surface area contributed by atoms with Crippen molar-refractivity contribution in [3.05, 3.63) is 89.3 Å². The summed E-state index contributed by atoms with van der Waals surface area (Å²) in [6.45, 7) is 0. The molecule has 0 radical (unpaired) electrons. The molecule has 4 aromatic rings. The van der Waals surface area contributed by atoms with E-state index in [0.717, 1.165) is 15.8 Å². The Hall–Kier alpha value is -3.64. The van der Waals surface area contributed by atoms with Gasteiger partial charge in [0.15, 0.2) is 0 Å². The van der Waals surface area contributed by atoms with Gasteiger partial charge in [0.05, 0.1) is 12.0 Å². The second kappa shape index (κ2) is 8.16. The minimum Gasteiger partial charge on any atom is -0.497 e. The number of anilines is 2. The van der Waals surface area contributed by atoms with Gasteiger partial charge in [0, 0.05) is 21.6 Å². The number of rotatable bonds is 5. The predicted octanol–water partition coefficient (Wildman–Crippen LogP) is 5.41. The van der Waals surface area contributed by atoms with E-state index in [1.165, 1.54) is 11.3 Å². The molecule has 0 saturated heterocycles. The minimum atomic E-state index is -0.224. The smallest absolute Gasteiger partial charge is 0.265 e. The van der Waals surface area contributed by atoms with Crippen molar-refractivity contribution in [1.82, 2.24) is 0 Å². The third kappa shape index (κ3) is 4.28. The molecule has 6 heteroatoms. The van der Waals surface area contributed by atoms with Crippen molar-refractivity contribution in [2.75, 3.05) is 17.7 Å². The molecule has 144 valence electrons. The molecule has 29 heavy (non-hydrogen) atoms. The summed E-state index contributed by atoms with van der Waals surface area (Å²) in [5.41, 5.74) is 1.81. The molecule has 2 N–H and O–H groups in total. The van der Waals surface area contributed by atoms with Crippen LogP contribution in [-0.2, 0) is 0 Å². The molecule has 5 nitrogen and oxygen atoms in total. The van der Waals surface area contributed by atoms with Crippen LogP contribution in [0.1, 0.15) is 20.0 Å². The summed E-state index contributed by atoms with van der Waals surface area (Å²) in [6.07, 6.45) is 0. The Kier molecular flexibility index (Phi) is 5.27. The van der Waals surface area contributed by atoms with E-state index in [1.54, 1.807) is 55.6 Å². The Bertz CT molecular complexity index is 1130. The van der Waals surface area contributed by atoms with Crippen molar-refractivity contribution in [1.29, 1.82) is 0 Å². The van der Waals surface area contributed by atoms with Gasteiger partial charge in [-0.05, 0) is 66.0 Å². The number of hydrogen-bond acceptors (Lipinski definition) is 4. The van der Waals surface area contributed by atoms with E-state index >= 15 is 0 Å². The monoisotopic (exact) mass is 402 g/mol. The second-order valence-electron chi connectivity index (χ2n) is 6.36. The molecule has 0 fully saturated rings. The van der Waals surface area contributed by atoms with Crippen LogP contribution in [0.15, 0.2) is 78.9 Å². The molecular formula is C23H18N2O3S. The summed E-state index contributed by atoms with van der Waals surface area (Å²) >= 11 is 1.45. The fourth-order valence-electron chi connectivity index (χ4n) is 2.87. The van der Waals surface area contributed by atoms with E-state index in [9.17, 15) is 9.59 Å². The first-order valence-electron chi connectivity index (χ1n) is 8.98. The van der Waals surface area contributed by atoms with Gasteiger partial charge in [0.1, 0.15) is 5.75 Å². The van der Waals surface area contributed by atoms with Crippen LogP contribution in [0.3, 0.4) is 0 Å². The highest BCUT2D eigenvalue weighted by atomic mass is 32.1. The Morgan fingerprint density at radius 2 is 1.41 bits per heavy atom. The van der Waals surface area contributed by atoms with E-state index in [-0.39, 0.29) is 11.8 Å². The van der Waals surface area contributed by atoms with Crippen molar-refractivity contribution in [3.63, 3.8) is 0 Å². The van der Waals surface area contributed by atoms with E-state index < -0.39 is 0 Å². The summed E-state index contributed by atoms with van der Waals surface area (Å²) in [5, 5.41) is 6.75. The van der Waals surface area contributed by atoms with Gasteiger partial charge in [0.25, 0.3) is 11.8 Å². The van der Waals surface area contributed by atoms with Crippen molar-refractivity contribution in [3.8, 4) is 5.75 Å². The van der Waals surface area contributed by atoms with Crippen molar-refractivity contribution < 1.29 is 14.3 Å². The topological polar surface area (TPSA) is 67.4 Å². The fraction of sp³-hybridized carbons (Fsp3) is 0.0435. The number of ether oxygens (including phenoxy) is 1. The van der Waals surface area contributed by atoms with Crippen LogP contribution in [0.4, 0.5) is 11.4 Å². The highest BCUT2D eigenvalue weighted by Gasteiger charge is 2.11. The maximum atomic E-state index is 12.5. The average molecular weight is 402 g/mol. The third-order valence-electron chi connectivity index (χ3n) is 4.40. The van der Waals surface area contributed by atoms with E-state index in [4.69, 9.17) is 4.74 Å². The molecule has 1 heterocycles. The SMILES string of the molecule is COc1ccc(NC(=O)c2ccc(NC(=O)c3cc4ccccc4s3)cc2)cc1. The van der Waals surface area contributed by atoms with Crippen LogP contribution in [0.25, 0.3) is 10.1 Å². The van der Waals surface area contributed by atoms with Gasteiger partial charge in [0.2, 0.25) is 0 Å². The maximum absolute atomic E-state index is 12.5. The van der Waals surface area contributed by atoms with Gasteiger partial charge >= 0.3 is 0 Å². The zero-order valence-corrected chi connectivity index (χ0v) is 16.5. The summed E-state index contributed by atoms with van der Waals surface area (Å²) in [4.78, 5) is 25.5. The molecular weight excluding hydrogens is 384 g/mol. The van der Waals surface area contributed by atoms with Gasteiger partial charge in [-0.25, -0.2) is 0 Å². The van der Waals surface area contributed by atoms with E-state index in [2.05, 4.69) is 10.6 Å². The molecule has 4 rings (SSSR count). The van der Waals surface area contributed by atoms with Crippen LogP contribution in [0.2, 0.25) is 0 Å². The predicted molar refractivity (Wildman–Crippen MR) is 117 cm³/mol. The van der Waals surface area contributed by atoms with Gasteiger partial charge in [-0.15, -0.1) is 11.3 Å². The first-order chi connectivity index (χ1) is 14.1. The lowest BCUT2D eigenvalue weighted by molar-refractivity contribution is 0.102. The Morgan fingerprint density at radius 1 is 0.793 bits per heavy atom. The molecule has 0 aliphatic carbocycles. The summed E-state index contributed by atoms with van der Waals surface area (Å²) in [6, 6.07) is 23.7. The van der Waals surface area contributed by atoms with Crippen molar-refractivity contribution in [2.24, 2.45) is 0 Å². The molecule has 0 bridgehead atoms. The second-order valence-corrected chi connectivity index (χ2v) is 7.45. The number of nitrogens with one attached hydrogen (secondary N) is 2. The molecule has 0 unspecified atom stereocenters. The number of amides is 2. The first-order valence-corrected chi connectivity index (χ1v) is 9.79. The standard InChI is InChI=1S/C23H18N2O3S/c1-28-19-12-10-18(11-13-19)24-22(26)15-6-8-17(9-7-15)25-23(27)21-14-16-4-2-3-5-20(16)29-21/h2-14H,1H3,(H,24,26)(H,25,27). The molecule has 0 aliphatic rings. The molecule has 0 atom stereocenters. The number of fused-ring (bicyclic) bond motifs is 1. The number of methoxy groups -OCH3 is 1. The van der Waals surface area contributed by atoms with Crippen molar-refractivity contribution >= 4 is 44.6 Å². The summed E-state index contributed by atoms with van der Waals surface area (Å²) in [5.74, 6) is 0.334. The largest absolute Gasteiger partial charge is 0.497 e. The quantitative estimate of drug-likeness (QED) is 0.469. The number of hydrogen-bond donors (Lipinski definition) is 2. The Labute approximate surface area is 171 Å². The normalized spacial score (nSPS) is 10.5. The third-order valence-corrected chi connectivity index (χ3v) is 5.52. The molecule has 0 spiro atoms. The molecule has 3 aromatic carbocycles. The number of carbonyl (C=O) groups is 2. The lowest BCUT2D eigenvalue weighted by Gasteiger charge is -2.08. The number of carbonyl (C=O) groups excluding carboxylic acids is 2. The highest BCUT2D eigenvalue weighted by Crippen LogP contribution is 2.26. The van der Waals surface area contributed by atoms with Crippen LogP contribution < -0.4 is 15.4 Å². The van der Waals surface area contributed by atoms with Crippen LogP contribution in [-0.4, -0.2) is 18.9 Å². The zero-order chi connectivity index (χ0) is 20.2. The van der Waals surface area contributed by atoms with Crippen LogP contribution >= 0.6 is 11.3 Å². The number of benzene rings is 3. The first kappa shape index (κ1) is 18.7. The lowest BCUT2D eigenvalue weighted by atomic mass is 10.2. The molecule has 0 aliphatic heterocycles. The summed E-state index contributed by atoms with van der Waals surface area (Å²) in [7, 11) is 1.59. The van der Waals surface area contributed by atoms with Crippen LogP contribution in [0, 0.1) is 0 Å². The molecule has 0 saturated carbocycles. The minimum absolute atomic E-state index is 0.165. The molecule has 1 aromatic heterocycles. The maximum Gasteiger partial charge on any atom is 0.265 e. The Morgan fingerprint density at radius 3 is 2.07 bits per heavy atom. The van der Waals surface area contributed by atoms with E-state index in [0.29, 0.717) is 21.8 Å². The summed E-state index contributed by atoms with van der Waals surface area (Å²) < 4.78 is 6.18. The van der Waals surface area contributed by atoms with E-state index in [1.807, 2.05) is 30.3 Å². The van der Waals surface area contributed by atoms with Gasteiger partial charge in [-0.3, -0.25) is 9.59 Å². The van der Waals surface area contributed by atoms with Gasteiger partial charge in [-0.1, -0.05) is 18.2 Å². The van der Waals surface area contributed by atoms with Crippen molar-refractivity contribution in [2.45, 2.75) is 0 Å². The van der Waals surface area contributed by atoms with Gasteiger partial charge < -0.3 is 15.4 Å². The Balaban J connectivity index is 1.41. The molecule has 2 amide bonds. The van der Waals surface area contributed by atoms with Gasteiger partial charge in [-0.2, -0.15) is 0 Å². The zero-order valence-electron chi connectivity index (χ0n) is 15.6. The van der Waals surface area contributed by atoms with Crippen LogP contribution in [0.5, 0.6) is 5.75 Å².